The Kier molecular flexibility index (Phi) is 5.95. The third-order valence-corrected chi connectivity index (χ3v) is 4.79. The average Bonchev–Trinajstić information content (AvgIpc) is 3.06. The number of aromatic nitrogens is 1. The van der Waals surface area contributed by atoms with Gasteiger partial charge in [0, 0.05) is 34.6 Å². The molecule has 0 radical (unpaired) electrons. The van der Waals surface area contributed by atoms with E-state index < -0.39 is 4.92 Å². The monoisotopic (exact) mass is 398 g/mol. The molecule has 27 heavy (non-hydrogen) atoms. The number of non-ortho nitro benzene ring substituents is 1. The maximum atomic E-state index is 11.0. The van der Waals surface area contributed by atoms with Crippen LogP contribution >= 0.6 is 22.9 Å². The van der Waals surface area contributed by atoms with Crippen LogP contribution in [0.4, 0.5) is 5.69 Å². The molecule has 0 aliphatic heterocycles. The van der Waals surface area contributed by atoms with E-state index in [-0.39, 0.29) is 5.69 Å². The van der Waals surface area contributed by atoms with E-state index in [1.54, 1.807) is 36.6 Å². The first-order chi connectivity index (χ1) is 13.1. The first-order valence-electron chi connectivity index (χ1n) is 7.95. The van der Waals surface area contributed by atoms with Crippen molar-refractivity contribution in [3.8, 4) is 11.3 Å². The lowest BCUT2D eigenvalue weighted by molar-refractivity contribution is -0.384. The van der Waals surface area contributed by atoms with E-state index in [4.69, 9.17) is 11.6 Å². The highest BCUT2D eigenvalue weighted by Crippen LogP contribution is 2.24. The van der Waals surface area contributed by atoms with Crippen molar-refractivity contribution in [1.82, 2.24) is 4.57 Å². The molecule has 0 fully saturated rings. The lowest BCUT2D eigenvalue weighted by Gasteiger charge is -2.06. The third kappa shape index (κ3) is 4.58. The van der Waals surface area contributed by atoms with Gasteiger partial charge in [-0.05, 0) is 17.7 Å². The van der Waals surface area contributed by atoms with Gasteiger partial charge in [0.2, 0.25) is 4.80 Å². The van der Waals surface area contributed by atoms with Crippen molar-refractivity contribution in [2.24, 2.45) is 10.2 Å². The van der Waals surface area contributed by atoms with Gasteiger partial charge in [-0.3, -0.25) is 10.1 Å². The summed E-state index contributed by atoms with van der Waals surface area (Å²) >= 11 is 7.27. The van der Waals surface area contributed by atoms with Gasteiger partial charge < -0.3 is 4.57 Å². The van der Waals surface area contributed by atoms with Gasteiger partial charge in [0.15, 0.2) is 0 Å². The van der Waals surface area contributed by atoms with E-state index >= 15 is 0 Å². The van der Waals surface area contributed by atoms with Crippen LogP contribution in [0.1, 0.15) is 5.56 Å². The van der Waals surface area contributed by atoms with Crippen LogP contribution in [0.3, 0.4) is 0 Å². The average molecular weight is 399 g/mol. The predicted octanol–water partition coefficient (Wildman–Crippen LogP) is 4.90. The fourth-order valence-electron chi connectivity index (χ4n) is 2.42. The maximum absolute atomic E-state index is 11.0. The van der Waals surface area contributed by atoms with Crippen molar-refractivity contribution in [3.63, 3.8) is 0 Å². The van der Waals surface area contributed by atoms with E-state index in [0.717, 1.165) is 16.8 Å². The molecular weight excluding hydrogens is 384 g/mol. The molecule has 0 aliphatic carbocycles. The van der Waals surface area contributed by atoms with Gasteiger partial charge in [-0.1, -0.05) is 41.9 Å². The van der Waals surface area contributed by atoms with Gasteiger partial charge in [0.1, 0.15) is 0 Å². The van der Waals surface area contributed by atoms with Crippen LogP contribution in [0.5, 0.6) is 0 Å². The van der Waals surface area contributed by atoms with Crippen molar-refractivity contribution < 1.29 is 4.92 Å². The minimum atomic E-state index is -0.407. The number of rotatable bonds is 6. The molecule has 0 N–H and O–H groups in total. The third-order valence-electron chi connectivity index (χ3n) is 3.68. The summed E-state index contributed by atoms with van der Waals surface area (Å²) in [7, 11) is 0. The fourth-order valence-corrected chi connectivity index (χ4v) is 3.42. The van der Waals surface area contributed by atoms with Crippen LogP contribution in [0.25, 0.3) is 11.3 Å². The molecule has 3 aromatic rings. The van der Waals surface area contributed by atoms with Crippen molar-refractivity contribution in [3.05, 3.63) is 92.1 Å². The number of hydrogen-bond acceptors (Lipinski definition) is 5. The number of nitrogens with zero attached hydrogens (tertiary/aromatic N) is 4. The zero-order valence-corrected chi connectivity index (χ0v) is 15.7. The number of halogens is 1. The Morgan fingerprint density at radius 1 is 1.26 bits per heavy atom. The highest BCUT2D eigenvalue weighted by atomic mass is 35.5. The lowest BCUT2D eigenvalue weighted by atomic mass is 10.1. The van der Waals surface area contributed by atoms with Gasteiger partial charge in [-0.25, -0.2) is 0 Å². The van der Waals surface area contributed by atoms with E-state index in [1.165, 1.54) is 17.4 Å². The second-order valence-electron chi connectivity index (χ2n) is 5.51. The van der Waals surface area contributed by atoms with Crippen LogP contribution in [-0.4, -0.2) is 15.7 Å². The molecule has 6 nitrogen and oxygen atoms in total. The number of hydrogen-bond donors (Lipinski definition) is 0. The van der Waals surface area contributed by atoms with Crippen molar-refractivity contribution >= 4 is 34.8 Å². The summed E-state index contributed by atoms with van der Waals surface area (Å²) in [4.78, 5) is 11.3. The van der Waals surface area contributed by atoms with Crippen LogP contribution in [0.15, 0.2) is 76.8 Å². The van der Waals surface area contributed by atoms with Crippen LogP contribution in [-0.2, 0) is 6.54 Å². The first kappa shape index (κ1) is 18.8. The second kappa shape index (κ2) is 8.57. The van der Waals surface area contributed by atoms with Crippen molar-refractivity contribution in [2.45, 2.75) is 6.54 Å². The molecule has 136 valence electrons. The van der Waals surface area contributed by atoms with Crippen LogP contribution < -0.4 is 4.80 Å². The zero-order valence-electron chi connectivity index (χ0n) is 14.2. The molecule has 1 heterocycles. The largest absolute Gasteiger partial charge is 0.311 e. The zero-order chi connectivity index (χ0) is 19.2. The molecule has 0 unspecified atom stereocenters. The van der Waals surface area contributed by atoms with Crippen molar-refractivity contribution in [2.75, 3.05) is 0 Å². The molecule has 0 bridgehead atoms. The molecule has 0 atom stereocenters. The van der Waals surface area contributed by atoms with E-state index in [9.17, 15) is 10.1 Å². The van der Waals surface area contributed by atoms with Gasteiger partial charge in [-0.2, -0.15) is 5.10 Å². The molecule has 1 aromatic heterocycles. The number of thiazole rings is 1. The molecule has 3 rings (SSSR count). The molecule has 2 aromatic carbocycles. The van der Waals surface area contributed by atoms with Gasteiger partial charge in [0.25, 0.3) is 5.69 Å². The van der Waals surface area contributed by atoms with Crippen LogP contribution in [0.2, 0.25) is 5.02 Å². The summed E-state index contributed by atoms with van der Waals surface area (Å²) in [6.45, 7) is 4.29. The number of benzene rings is 2. The van der Waals surface area contributed by atoms with Gasteiger partial charge >= 0.3 is 0 Å². The second-order valence-corrected chi connectivity index (χ2v) is 6.78. The molecule has 0 amide bonds. The minimum Gasteiger partial charge on any atom is -0.311 e. The number of nitro benzene ring substituents is 1. The van der Waals surface area contributed by atoms with E-state index in [2.05, 4.69) is 16.8 Å². The summed E-state index contributed by atoms with van der Waals surface area (Å²) in [6.07, 6.45) is 3.39. The summed E-state index contributed by atoms with van der Waals surface area (Å²) in [5, 5.41) is 22.0. The standard InChI is InChI=1S/C19H15ClN4O2S/c1-2-10-23-18(15-4-3-5-17(11-15)24(25)26)13-27-19(23)22-21-12-14-6-8-16(20)9-7-14/h2-9,11-13H,1,10H2/b21-12-,22-19-. The summed E-state index contributed by atoms with van der Waals surface area (Å²) < 4.78 is 1.91. The Hall–Kier alpha value is -3.03. The molecule has 0 aliphatic rings. The Morgan fingerprint density at radius 3 is 2.74 bits per heavy atom. The van der Waals surface area contributed by atoms with Crippen LogP contribution in [0, 0.1) is 10.1 Å². The Morgan fingerprint density at radius 2 is 2.04 bits per heavy atom. The number of nitro groups is 1. The molecule has 0 saturated heterocycles. The Labute approximate surface area is 164 Å². The molecular formula is C19H15ClN4O2S. The molecule has 0 spiro atoms. The lowest BCUT2D eigenvalue weighted by Crippen LogP contribution is -2.14. The topological polar surface area (TPSA) is 72.8 Å². The Balaban J connectivity index is 1.97. The summed E-state index contributed by atoms with van der Waals surface area (Å²) in [5.74, 6) is 0. The first-order valence-corrected chi connectivity index (χ1v) is 9.21. The highest BCUT2D eigenvalue weighted by Gasteiger charge is 2.11. The molecule has 0 saturated carbocycles. The minimum absolute atomic E-state index is 0.0445. The smallest absolute Gasteiger partial charge is 0.270 e. The maximum Gasteiger partial charge on any atom is 0.270 e. The summed E-state index contributed by atoms with van der Waals surface area (Å²) in [6, 6.07) is 13.8. The van der Waals surface area contributed by atoms with Crippen molar-refractivity contribution in [1.29, 1.82) is 0 Å². The quantitative estimate of drug-likeness (QED) is 0.256. The van der Waals surface area contributed by atoms with Gasteiger partial charge in [-0.15, -0.1) is 23.0 Å². The highest BCUT2D eigenvalue weighted by molar-refractivity contribution is 7.07. The van der Waals surface area contributed by atoms with E-state index in [0.29, 0.717) is 16.4 Å². The van der Waals surface area contributed by atoms with Gasteiger partial charge in [0.05, 0.1) is 16.8 Å². The summed E-state index contributed by atoms with van der Waals surface area (Å²) in [5.41, 5.74) is 2.49. The molecule has 8 heteroatoms. The fraction of sp³-hybridized carbons (Fsp3) is 0.0526. The predicted molar refractivity (Wildman–Crippen MR) is 109 cm³/mol. The van der Waals surface area contributed by atoms with E-state index in [1.807, 2.05) is 28.1 Å². The number of allylic oxidation sites excluding steroid dienone is 1. The Bertz CT molecular complexity index is 1070. The SMILES string of the molecule is C=CCn1c(-c2cccc([N+](=O)[O-])c2)cs/c1=N\N=C/c1ccc(Cl)cc1. The normalized spacial score (nSPS) is 11.8.